The van der Waals surface area contributed by atoms with Gasteiger partial charge < -0.3 is 5.11 Å². The van der Waals surface area contributed by atoms with Gasteiger partial charge in [0.25, 0.3) is 0 Å². The summed E-state index contributed by atoms with van der Waals surface area (Å²) >= 11 is 10.2. The first-order valence-electron chi connectivity index (χ1n) is 2.67. The second kappa shape index (κ2) is 5.10. The molecule has 0 aromatic heterocycles. The highest BCUT2D eigenvalue weighted by Gasteiger charge is 2.19. The monoisotopic (exact) mass is 322 g/mol. The minimum absolute atomic E-state index is 0.0251. The quantitative estimate of drug-likeness (QED) is 0.788. The van der Waals surface area contributed by atoms with Crippen molar-refractivity contribution in [1.82, 2.24) is 0 Å². The summed E-state index contributed by atoms with van der Waals surface area (Å²) in [4.78, 5) is 0. The van der Waals surface area contributed by atoms with Crippen molar-refractivity contribution in [3.8, 4) is 0 Å². The number of rotatable bonds is 4. The van der Waals surface area contributed by atoms with Crippen molar-refractivity contribution in [2.45, 2.75) is 16.1 Å². The van der Waals surface area contributed by atoms with Crippen LogP contribution in [-0.4, -0.2) is 20.3 Å². The lowest BCUT2D eigenvalue weighted by molar-refractivity contribution is 0.284. The van der Waals surface area contributed by atoms with Crippen LogP contribution in [0.2, 0.25) is 0 Å². The van der Waals surface area contributed by atoms with Gasteiger partial charge in [-0.2, -0.15) is 0 Å². The van der Waals surface area contributed by atoms with Crippen molar-refractivity contribution < 1.29 is 5.11 Å². The molecule has 56 valence electrons. The Labute approximate surface area is 80.6 Å². The first kappa shape index (κ1) is 10.4. The number of hydrogen-bond acceptors (Lipinski definition) is 1. The maximum absolute atomic E-state index is 8.47. The van der Waals surface area contributed by atoms with Crippen molar-refractivity contribution in [2.24, 2.45) is 0 Å². The first-order chi connectivity index (χ1) is 4.12. The fourth-order valence-corrected chi connectivity index (χ4v) is 1.25. The Balaban J connectivity index is 3.33. The average molecular weight is 325 g/mol. The molecule has 0 aromatic rings. The van der Waals surface area contributed by atoms with Crippen LogP contribution in [-0.2, 0) is 0 Å². The molecule has 0 aliphatic rings. The van der Waals surface area contributed by atoms with E-state index in [4.69, 9.17) is 5.11 Å². The normalized spacial score (nSPS) is 12.0. The van der Waals surface area contributed by atoms with Gasteiger partial charge in [0.1, 0.15) is 0 Å². The zero-order valence-corrected chi connectivity index (χ0v) is 9.67. The molecule has 0 saturated carbocycles. The summed E-state index contributed by atoms with van der Waals surface area (Å²) in [5.74, 6) is 0. The number of alkyl halides is 3. The van der Waals surface area contributed by atoms with Gasteiger partial charge in [-0.05, 0) is 12.8 Å². The smallest absolute Gasteiger partial charge is 0.0902 e. The first-order valence-corrected chi connectivity index (χ1v) is 5.38. The number of aliphatic hydroxyl groups is 1. The van der Waals surface area contributed by atoms with Crippen LogP contribution in [0.15, 0.2) is 0 Å². The van der Waals surface area contributed by atoms with E-state index in [-0.39, 0.29) is 9.84 Å². The second-order valence-corrected chi connectivity index (χ2v) is 6.48. The van der Waals surface area contributed by atoms with Crippen LogP contribution in [0.1, 0.15) is 12.8 Å². The highest BCUT2D eigenvalue weighted by Crippen LogP contribution is 2.32. The SMILES string of the molecule is OCCCC(Br)(Br)CBr. The number of halogens is 3. The molecule has 0 amide bonds. The Kier molecular flexibility index (Phi) is 5.90. The third kappa shape index (κ3) is 5.83. The molecule has 0 fully saturated rings. The summed E-state index contributed by atoms with van der Waals surface area (Å²) in [6, 6.07) is 0. The topological polar surface area (TPSA) is 20.2 Å². The fourth-order valence-electron chi connectivity index (χ4n) is 0.405. The van der Waals surface area contributed by atoms with E-state index in [1.165, 1.54) is 0 Å². The molecule has 0 spiro atoms. The van der Waals surface area contributed by atoms with Gasteiger partial charge >= 0.3 is 0 Å². The van der Waals surface area contributed by atoms with E-state index in [2.05, 4.69) is 47.8 Å². The van der Waals surface area contributed by atoms with Crippen LogP contribution in [0.4, 0.5) is 0 Å². The fraction of sp³-hybridized carbons (Fsp3) is 1.00. The average Bonchev–Trinajstić information content (AvgIpc) is 1.84. The molecule has 0 rings (SSSR count). The molecule has 0 saturated heterocycles. The summed E-state index contributed by atoms with van der Waals surface area (Å²) in [6.45, 7) is 0.256. The van der Waals surface area contributed by atoms with E-state index in [0.717, 1.165) is 18.2 Å². The number of hydrogen-bond donors (Lipinski definition) is 1. The molecular formula is C5H9Br3O. The van der Waals surface area contributed by atoms with Crippen LogP contribution >= 0.6 is 47.8 Å². The lowest BCUT2D eigenvalue weighted by atomic mass is 10.3. The van der Waals surface area contributed by atoms with E-state index in [0.29, 0.717) is 0 Å². The molecule has 0 heterocycles. The highest BCUT2D eigenvalue weighted by molar-refractivity contribution is 9.26. The molecule has 1 N–H and O–H groups in total. The van der Waals surface area contributed by atoms with Crippen LogP contribution in [0.25, 0.3) is 0 Å². The summed E-state index contributed by atoms with van der Waals surface area (Å²) in [7, 11) is 0. The standard InChI is InChI=1S/C5H9Br3O/c6-4-5(7,8)2-1-3-9/h9H,1-4H2. The van der Waals surface area contributed by atoms with Gasteiger partial charge in [-0.1, -0.05) is 47.8 Å². The molecule has 0 aliphatic heterocycles. The predicted octanol–water partition coefficient (Wildman–Crippen LogP) is 2.64. The Hall–Kier alpha value is 1.40. The summed E-state index contributed by atoms with van der Waals surface area (Å²) < 4.78 is -0.0251. The van der Waals surface area contributed by atoms with Gasteiger partial charge in [-0.25, -0.2) is 0 Å². The Bertz CT molecular complexity index is 74.6. The molecule has 0 aromatic carbocycles. The van der Waals surface area contributed by atoms with E-state index in [1.807, 2.05) is 0 Å². The van der Waals surface area contributed by atoms with Gasteiger partial charge in [0.15, 0.2) is 0 Å². The Morgan fingerprint density at radius 3 is 2.22 bits per heavy atom. The maximum Gasteiger partial charge on any atom is 0.0902 e. The predicted molar refractivity (Wildman–Crippen MR) is 50.7 cm³/mol. The Morgan fingerprint density at radius 1 is 1.33 bits per heavy atom. The van der Waals surface area contributed by atoms with Gasteiger partial charge in [-0.3, -0.25) is 0 Å². The zero-order valence-electron chi connectivity index (χ0n) is 4.91. The lowest BCUT2D eigenvalue weighted by Gasteiger charge is -2.15. The van der Waals surface area contributed by atoms with Gasteiger partial charge in [0, 0.05) is 11.9 Å². The molecule has 0 unspecified atom stereocenters. The Morgan fingerprint density at radius 2 is 1.89 bits per heavy atom. The van der Waals surface area contributed by atoms with Crippen LogP contribution < -0.4 is 0 Å². The van der Waals surface area contributed by atoms with Crippen molar-refractivity contribution in [3.63, 3.8) is 0 Å². The second-order valence-electron chi connectivity index (χ2n) is 1.82. The molecular weight excluding hydrogens is 316 g/mol. The maximum atomic E-state index is 8.47. The number of aliphatic hydroxyl groups excluding tert-OH is 1. The van der Waals surface area contributed by atoms with Gasteiger partial charge in [0.05, 0.1) is 3.23 Å². The van der Waals surface area contributed by atoms with Crippen molar-refractivity contribution in [1.29, 1.82) is 0 Å². The summed E-state index contributed by atoms with van der Waals surface area (Å²) in [5.41, 5.74) is 0. The van der Waals surface area contributed by atoms with E-state index in [9.17, 15) is 0 Å². The third-order valence-electron chi connectivity index (χ3n) is 0.896. The molecule has 1 nitrogen and oxygen atoms in total. The van der Waals surface area contributed by atoms with Crippen LogP contribution in [0.3, 0.4) is 0 Å². The van der Waals surface area contributed by atoms with Crippen molar-refractivity contribution in [3.05, 3.63) is 0 Å². The molecule has 4 heteroatoms. The third-order valence-corrected chi connectivity index (χ3v) is 4.71. The summed E-state index contributed by atoms with van der Waals surface area (Å²) in [6.07, 6.45) is 1.75. The van der Waals surface area contributed by atoms with Crippen LogP contribution in [0, 0.1) is 0 Å². The largest absolute Gasteiger partial charge is 0.396 e. The van der Waals surface area contributed by atoms with Crippen molar-refractivity contribution in [2.75, 3.05) is 11.9 Å². The minimum atomic E-state index is -0.0251. The molecule has 0 aliphatic carbocycles. The van der Waals surface area contributed by atoms with E-state index < -0.39 is 0 Å². The molecule has 9 heavy (non-hydrogen) atoms. The minimum Gasteiger partial charge on any atom is -0.396 e. The zero-order chi connectivity index (χ0) is 7.33. The lowest BCUT2D eigenvalue weighted by Crippen LogP contribution is -2.12. The highest BCUT2D eigenvalue weighted by atomic mass is 79.9. The summed E-state index contributed by atoms with van der Waals surface area (Å²) in [5, 5.41) is 9.32. The van der Waals surface area contributed by atoms with E-state index >= 15 is 0 Å². The van der Waals surface area contributed by atoms with Gasteiger partial charge in [0.2, 0.25) is 0 Å². The van der Waals surface area contributed by atoms with Gasteiger partial charge in [-0.15, -0.1) is 0 Å². The van der Waals surface area contributed by atoms with Crippen molar-refractivity contribution >= 4 is 47.8 Å². The van der Waals surface area contributed by atoms with Crippen LogP contribution in [0.5, 0.6) is 0 Å². The van der Waals surface area contributed by atoms with E-state index in [1.54, 1.807) is 0 Å². The molecule has 0 radical (unpaired) electrons. The molecule has 0 bridgehead atoms. The molecule has 0 atom stereocenters.